The molecule has 22 heavy (non-hydrogen) atoms. The molecule has 3 N–H and O–H groups in total. The molecule has 0 aliphatic carbocycles. The third-order valence-electron chi connectivity index (χ3n) is 4.00. The van der Waals surface area contributed by atoms with Gasteiger partial charge in [0.25, 0.3) is 0 Å². The summed E-state index contributed by atoms with van der Waals surface area (Å²) in [5, 5.41) is 2.57. The number of nitrogens with zero attached hydrogens (tertiary/aromatic N) is 1. The van der Waals surface area contributed by atoms with E-state index >= 15 is 0 Å². The molecular formula is C16H21N3O3. The van der Waals surface area contributed by atoms with Crippen LogP contribution in [0.25, 0.3) is 0 Å². The maximum absolute atomic E-state index is 12.6. The molecule has 1 fully saturated rings. The van der Waals surface area contributed by atoms with Crippen molar-refractivity contribution in [3.63, 3.8) is 0 Å². The first kappa shape index (κ1) is 16.0. The maximum Gasteiger partial charge on any atom is 0.245 e. The zero-order chi connectivity index (χ0) is 15.9. The quantitative estimate of drug-likeness (QED) is 0.705. The van der Waals surface area contributed by atoms with Crippen molar-refractivity contribution in [1.29, 1.82) is 0 Å². The molecule has 1 aliphatic rings. The minimum Gasteiger partial charge on any atom is -0.368 e. The Morgan fingerprint density at radius 3 is 2.73 bits per heavy atom. The van der Waals surface area contributed by atoms with Crippen LogP contribution in [-0.4, -0.2) is 41.8 Å². The van der Waals surface area contributed by atoms with Gasteiger partial charge in [0.2, 0.25) is 18.2 Å². The molecule has 0 radical (unpaired) electrons. The Labute approximate surface area is 129 Å². The van der Waals surface area contributed by atoms with E-state index in [2.05, 4.69) is 5.32 Å². The van der Waals surface area contributed by atoms with E-state index in [1.807, 2.05) is 30.3 Å². The van der Waals surface area contributed by atoms with Gasteiger partial charge < -0.3 is 16.0 Å². The highest BCUT2D eigenvalue weighted by Gasteiger charge is 2.35. The second kappa shape index (κ2) is 7.59. The highest BCUT2D eigenvalue weighted by atomic mass is 16.2. The van der Waals surface area contributed by atoms with Gasteiger partial charge in [-0.3, -0.25) is 14.4 Å². The van der Waals surface area contributed by atoms with Gasteiger partial charge in [0.15, 0.2) is 0 Å². The van der Waals surface area contributed by atoms with E-state index in [0.717, 1.165) is 12.0 Å². The molecule has 1 saturated heterocycles. The maximum atomic E-state index is 12.6. The zero-order valence-electron chi connectivity index (χ0n) is 12.4. The topological polar surface area (TPSA) is 92.5 Å². The number of nitrogens with two attached hydrogens (primary N) is 1. The Balaban J connectivity index is 2.01. The number of carbonyl (C=O) groups is 3. The molecule has 0 saturated carbocycles. The monoisotopic (exact) mass is 303 g/mol. The van der Waals surface area contributed by atoms with Gasteiger partial charge in [-0.05, 0) is 31.2 Å². The van der Waals surface area contributed by atoms with Crippen molar-refractivity contribution in [1.82, 2.24) is 10.2 Å². The van der Waals surface area contributed by atoms with Crippen LogP contribution in [0.2, 0.25) is 0 Å². The van der Waals surface area contributed by atoms with E-state index in [1.165, 1.54) is 4.90 Å². The Morgan fingerprint density at radius 1 is 1.36 bits per heavy atom. The summed E-state index contributed by atoms with van der Waals surface area (Å²) in [6.45, 7) is 0.509. The molecule has 118 valence electrons. The molecule has 2 rings (SSSR count). The molecule has 0 aromatic heterocycles. The largest absolute Gasteiger partial charge is 0.368 e. The van der Waals surface area contributed by atoms with Gasteiger partial charge in [0.05, 0.1) is 0 Å². The summed E-state index contributed by atoms with van der Waals surface area (Å²) in [7, 11) is 0. The highest BCUT2D eigenvalue weighted by molar-refractivity contribution is 5.90. The summed E-state index contributed by atoms with van der Waals surface area (Å²) in [5.41, 5.74) is 6.44. The predicted octanol–water partition coefficient (Wildman–Crippen LogP) is 0.210. The fourth-order valence-electron chi connectivity index (χ4n) is 2.84. The number of aryl methyl sites for hydroxylation is 1. The third-order valence-corrected chi connectivity index (χ3v) is 4.00. The Kier molecular flexibility index (Phi) is 5.52. The smallest absolute Gasteiger partial charge is 0.245 e. The number of benzene rings is 1. The summed E-state index contributed by atoms with van der Waals surface area (Å²) >= 11 is 0. The van der Waals surface area contributed by atoms with Crippen molar-refractivity contribution in [3.8, 4) is 0 Å². The van der Waals surface area contributed by atoms with Gasteiger partial charge in [-0.15, -0.1) is 0 Å². The zero-order valence-corrected chi connectivity index (χ0v) is 12.4. The Hall–Kier alpha value is -2.37. The normalized spacial score (nSPS) is 18.7. The van der Waals surface area contributed by atoms with Crippen molar-refractivity contribution < 1.29 is 14.4 Å². The third kappa shape index (κ3) is 3.84. The van der Waals surface area contributed by atoms with Crippen LogP contribution < -0.4 is 11.1 Å². The summed E-state index contributed by atoms with van der Waals surface area (Å²) in [4.78, 5) is 36.3. The fourth-order valence-corrected chi connectivity index (χ4v) is 2.84. The molecule has 1 heterocycles. The molecule has 1 aliphatic heterocycles. The van der Waals surface area contributed by atoms with Crippen LogP contribution in [0, 0.1) is 0 Å². The van der Waals surface area contributed by atoms with Crippen LogP contribution in [0.15, 0.2) is 30.3 Å². The highest BCUT2D eigenvalue weighted by Crippen LogP contribution is 2.19. The fraction of sp³-hybridized carbons (Fsp3) is 0.438. The van der Waals surface area contributed by atoms with Crippen molar-refractivity contribution >= 4 is 18.2 Å². The van der Waals surface area contributed by atoms with Crippen LogP contribution in [0.3, 0.4) is 0 Å². The van der Waals surface area contributed by atoms with Gasteiger partial charge in [0, 0.05) is 6.54 Å². The summed E-state index contributed by atoms with van der Waals surface area (Å²) in [5.74, 6) is -0.719. The molecule has 3 amide bonds. The molecular weight excluding hydrogens is 282 g/mol. The second-order valence-corrected chi connectivity index (χ2v) is 5.45. The van der Waals surface area contributed by atoms with Gasteiger partial charge in [-0.1, -0.05) is 30.3 Å². The van der Waals surface area contributed by atoms with Crippen LogP contribution in [0.4, 0.5) is 0 Å². The van der Waals surface area contributed by atoms with E-state index in [9.17, 15) is 14.4 Å². The van der Waals surface area contributed by atoms with Crippen molar-refractivity contribution in [2.75, 3.05) is 6.54 Å². The van der Waals surface area contributed by atoms with Gasteiger partial charge in [-0.2, -0.15) is 0 Å². The molecule has 0 spiro atoms. The lowest BCUT2D eigenvalue weighted by Crippen LogP contribution is -2.51. The lowest BCUT2D eigenvalue weighted by Gasteiger charge is -2.27. The number of carbonyl (C=O) groups excluding carboxylic acids is 3. The average Bonchev–Trinajstić information content (AvgIpc) is 3.01. The minimum atomic E-state index is -0.627. The second-order valence-electron chi connectivity index (χ2n) is 5.45. The molecule has 6 nitrogen and oxygen atoms in total. The predicted molar refractivity (Wildman–Crippen MR) is 81.7 cm³/mol. The first-order valence-corrected chi connectivity index (χ1v) is 7.47. The number of rotatable bonds is 7. The van der Waals surface area contributed by atoms with Gasteiger partial charge >= 0.3 is 0 Å². The number of primary amides is 1. The molecule has 2 unspecified atom stereocenters. The van der Waals surface area contributed by atoms with Crippen molar-refractivity contribution in [3.05, 3.63) is 35.9 Å². The first-order chi connectivity index (χ1) is 10.6. The molecule has 2 atom stereocenters. The number of likely N-dealkylation sites (tertiary alicyclic amines) is 1. The first-order valence-electron chi connectivity index (χ1n) is 7.47. The van der Waals surface area contributed by atoms with Crippen molar-refractivity contribution in [2.24, 2.45) is 5.73 Å². The molecule has 0 bridgehead atoms. The van der Waals surface area contributed by atoms with E-state index in [4.69, 9.17) is 5.73 Å². The van der Waals surface area contributed by atoms with E-state index in [1.54, 1.807) is 0 Å². The van der Waals surface area contributed by atoms with E-state index in [-0.39, 0.29) is 5.91 Å². The standard InChI is InChI=1S/C16H21N3O3/c17-15(21)14-7-4-10-19(14)16(22)13(18-11-20)9-8-12-5-2-1-3-6-12/h1-3,5-6,11,13-14H,4,7-10H2,(H2,17,21)(H,18,20). The van der Waals surface area contributed by atoms with Crippen LogP contribution in [-0.2, 0) is 20.8 Å². The summed E-state index contributed by atoms with van der Waals surface area (Å²) in [6, 6.07) is 8.57. The lowest BCUT2D eigenvalue weighted by molar-refractivity contribution is -0.139. The van der Waals surface area contributed by atoms with E-state index < -0.39 is 18.0 Å². The lowest BCUT2D eigenvalue weighted by atomic mass is 10.0. The van der Waals surface area contributed by atoms with E-state index in [0.29, 0.717) is 32.2 Å². The van der Waals surface area contributed by atoms with Crippen LogP contribution in [0.1, 0.15) is 24.8 Å². The van der Waals surface area contributed by atoms with Crippen LogP contribution >= 0.6 is 0 Å². The molecule has 1 aromatic rings. The van der Waals surface area contributed by atoms with Crippen molar-refractivity contribution in [2.45, 2.75) is 37.8 Å². The Bertz CT molecular complexity index is 533. The molecule has 6 heteroatoms. The summed E-state index contributed by atoms with van der Waals surface area (Å²) in [6.07, 6.45) is 3.04. The minimum absolute atomic E-state index is 0.232. The Morgan fingerprint density at radius 2 is 2.09 bits per heavy atom. The number of hydrogen-bond donors (Lipinski definition) is 2. The van der Waals surface area contributed by atoms with Gasteiger partial charge in [-0.25, -0.2) is 0 Å². The number of amides is 3. The SMILES string of the molecule is NC(=O)C1CCCN1C(=O)C(CCc1ccccc1)NC=O. The average molecular weight is 303 g/mol. The number of nitrogens with one attached hydrogen (secondary N) is 1. The van der Waals surface area contributed by atoms with Crippen LogP contribution in [0.5, 0.6) is 0 Å². The molecule has 1 aromatic carbocycles. The summed E-state index contributed by atoms with van der Waals surface area (Å²) < 4.78 is 0. The number of hydrogen-bond acceptors (Lipinski definition) is 3. The van der Waals surface area contributed by atoms with Gasteiger partial charge in [0.1, 0.15) is 12.1 Å².